The molecule has 0 spiro atoms. The highest BCUT2D eigenvalue weighted by molar-refractivity contribution is 6.83. The third-order valence-corrected chi connectivity index (χ3v) is 10.9. The van der Waals surface area contributed by atoms with Crippen LogP contribution >= 0.6 is 0 Å². The fraction of sp³-hybridized carbons (Fsp3) is 0.600. The Morgan fingerprint density at radius 3 is 2.10 bits per heavy atom. The lowest BCUT2D eigenvalue weighted by Gasteiger charge is -2.39. The molecule has 0 aliphatic carbocycles. The Morgan fingerprint density at radius 1 is 1.06 bits per heavy atom. The van der Waals surface area contributed by atoms with Gasteiger partial charge in [-0.05, 0) is 35.8 Å². The maximum Gasteiger partial charge on any atom is 0.192 e. The minimum atomic E-state index is -2.05. The summed E-state index contributed by atoms with van der Waals surface area (Å²) in [6.45, 7) is 17.9. The van der Waals surface area contributed by atoms with Gasteiger partial charge in [-0.3, -0.25) is 0 Å². The predicted octanol–water partition coefficient (Wildman–Crippen LogP) is 5.24. The smallest absolute Gasteiger partial charge is 0.192 e. The van der Waals surface area contributed by atoms with Crippen LogP contribution < -0.4 is 4.74 Å². The molecule has 0 fully saturated rings. The Morgan fingerprint density at radius 2 is 1.65 bits per heavy atom. The molecule has 1 aromatic rings. The van der Waals surface area contributed by atoms with Crippen LogP contribution in [0.3, 0.4) is 0 Å². The Hall–Kier alpha value is -1.55. The minimum Gasteiger partial charge on any atom is -0.497 e. The monoisotopic (exact) mass is 460 g/mol. The molecule has 172 valence electrons. The van der Waals surface area contributed by atoms with Crippen LogP contribution in [-0.2, 0) is 15.8 Å². The molecule has 1 aromatic carbocycles. The first-order valence-electron chi connectivity index (χ1n) is 10.7. The van der Waals surface area contributed by atoms with Crippen molar-refractivity contribution < 1.29 is 19.0 Å². The van der Waals surface area contributed by atoms with Gasteiger partial charge in [0.1, 0.15) is 19.9 Å². The van der Waals surface area contributed by atoms with Crippen LogP contribution in [0.25, 0.3) is 0 Å². The first-order chi connectivity index (χ1) is 14.1. The number of terminal acetylenes is 1. The Labute approximate surface area is 191 Å². The summed E-state index contributed by atoms with van der Waals surface area (Å²) in [5, 5.41) is 11.5. The number of benzene rings is 1. The molecule has 0 aliphatic rings. The second-order valence-corrected chi connectivity index (χ2v) is 20.1. The molecule has 2 atom stereocenters. The van der Waals surface area contributed by atoms with Gasteiger partial charge in [0.2, 0.25) is 0 Å². The van der Waals surface area contributed by atoms with Crippen molar-refractivity contribution in [3.05, 3.63) is 29.8 Å². The first-order valence-corrected chi connectivity index (χ1v) is 17.1. The summed E-state index contributed by atoms with van der Waals surface area (Å²) in [7, 11) is -2.13. The van der Waals surface area contributed by atoms with Gasteiger partial charge in [-0.1, -0.05) is 58.5 Å². The summed E-state index contributed by atoms with van der Waals surface area (Å²) in [4.78, 5) is 0. The molecule has 0 amide bonds. The van der Waals surface area contributed by atoms with E-state index in [1.54, 1.807) is 7.11 Å². The van der Waals surface area contributed by atoms with Crippen molar-refractivity contribution in [2.24, 2.45) is 0 Å². The Kier molecular flexibility index (Phi) is 9.62. The summed E-state index contributed by atoms with van der Waals surface area (Å²) in [6.07, 6.45) is 5.03. The molecule has 6 heteroatoms. The summed E-state index contributed by atoms with van der Waals surface area (Å²) in [5.41, 5.74) is 2.77. The van der Waals surface area contributed by atoms with Gasteiger partial charge in [0.15, 0.2) is 13.9 Å². The molecule has 0 heterocycles. The average Bonchev–Trinajstić information content (AvgIpc) is 2.65. The van der Waals surface area contributed by atoms with Crippen LogP contribution in [0, 0.1) is 23.8 Å². The molecular formula is C25H40O4Si2. The molecule has 0 saturated carbocycles. The number of ether oxygens (including phenoxy) is 2. The molecule has 0 aliphatic heterocycles. The number of hydrogen-bond donors (Lipinski definition) is 1. The van der Waals surface area contributed by atoms with E-state index in [4.69, 9.17) is 20.3 Å². The van der Waals surface area contributed by atoms with Gasteiger partial charge in [0.25, 0.3) is 0 Å². The second kappa shape index (κ2) is 10.9. The lowest BCUT2D eigenvalue weighted by atomic mass is 9.94. The van der Waals surface area contributed by atoms with Gasteiger partial charge in [-0.2, -0.15) is 0 Å². The third kappa shape index (κ3) is 8.84. The van der Waals surface area contributed by atoms with Gasteiger partial charge >= 0.3 is 0 Å². The topological polar surface area (TPSA) is 47.9 Å². The molecule has 0 saturated heterocycles. The molecule has 0 radical (unpaired) electrons. The summed E-state index contributed by atoms with van der Waals surface area (Å²) < 4.78 is 17.9. The zero-order chi connectivity index (χ0) is 23.9. The number of aliphatic hydroxyl groups is 1. The van der Waals surface area contributed by atoms with Crippen LogP contribution in [0.5, 0.6) is 5.75 Å². The van der Waals surface area contributed by atoms with Crippen LogP contribution in [0.15, 0.2) is 24.3 Å². The van der Waals surface area contributed by atoms with Crippen molar-refractivity contribution >= 4 is 16.4 Å². The third-order valence-electron chi connectivity index (χ3n) is 5.57. The van der Waals surface area contributed by atoms with Crippen molar-refractivity contribution in [2.75, 3.05) is 13.7 Å². The van der Waals surface area contributed by atoms with Crippen LogP contribution in [-0.4, -0.2) is 46.9 Å². The lowest BCUT2D eigenvalue weighted by molar-refractivity contribution is -0.0989. The second-order valence-electron chi connectivity index (χ2n) is 10.5. The Balaban J connectivity index is 3.18. The maximum absolute atomic E-state index is 11.5. The minimum absolute atomic E-state index is 0.0434. The van der Waals surface area contributed by atoms with Gasteiger partial charge in [0.05, 0.1) is 26.7 Å². The highest BCUT2D eigenvalue weighted by atomic mass is 28.4. The standard InChI is InChI=1S/C25H40O4Si2/c1-11-16-25(26,17-18-30(6,7)8)23(20-29-31(9,10)24(2,3)4)28-19-21-12-14-22(27-5)15-13-21/h1,12-15,23,26H,16,19-20H2,2-10H3/t23-,25-/m0/s1. The van der Waals surface area contributed by atoms with Crippen LogP contribution in [0.1, 0.15) is 32.8 Å². The molecule has 31 heavy (non-hydrogen) atoms. The lowest BCUT2D eigenvalue weighted by Crippen LogP contribution is -2.50. The van der Waals surface area contributed by atoms with Gasteiger partial charge in [-0.15, -0.1) is 17.9 Å². The fourth-order valence-electron chi connectivity index (χ4n) is 2.43. The Bertz CT molecular complexity index is 802. The van der Waals surface area contributed by atoms with E-state index >= 15 is 0 Å². The molecule has 1 rings (SSSR count). The largest absolute Gasteiger partial charge is 0.497 e. The number of hydrogen-bond acceptors (Lipinski definition) is 4. The van der Waals surface area contributed by atoms with Crippen LogP contribution in [0.2, 0.25) is 37.8 Å². The summed E-state index contributed by atoms with van der Waals surface area (Å²) >= 11 is 0. The number of methoxy groups -OCH3 is 1. The van der Waals surface area contributed by atoms with Crippen molar-refractivity contribution in [2.45, 2.75) is 83.3 Å². The normalized spacial score (nSPS) is 15.3. The number of rotatable bonds is 9. The quantitative estimate of drug-likeness (QED) is 0.404. The molecule has 4 nitrogen and oxygen atoms in total. The predicted molar refractivity (Wildman–Crippen MR) is 134 cm³/mol. The highest BCUT2D eigenvalue weighted by Crippen LogP contribution is 2.37. The van der Waals surface area contributed by atoms with Crippen molar-refractivity contribution in [3.8, 4) is 29.6 Å². The summed E-state index contributed by atoms with van der Waals surface area (Å²) in [5.74, 6) is 6.45. The zero-order valence-corrected chi connectivity index (χ0v) is 22.8. The summed E-state index contributed by atoms with van der Waals surface area (Å²) in [6, 6.07) is 7.66. The van der Waals surface area contributed by atoms with Crippen LogP contribution in [0.4, 0.5) is 0 Å². The van der Waals surface area contributed by atoms with E-state index in [0.29, 0.717) is 6.61 Å². The van der Waals surface area contributed by atoms with Crippen molar-refractivity contribution in [3.63, 3.8) is 0 Å². The van der Waals surface area contributed by atoms with Gasteiger partial charge in [-0.25, -0.2) is 0 Å². The van der Waals surface area contributed by atoms with Crippen molar-refractivity contribution in [1.29, 1.82) is 0 Å². The molecule has 0 aromatic heterocycles. The van der Waals surface area contributed by atoms with Gasteiger partial charge in [0, 0.05) is 0 Å². The average molecular weight is 461 g/mol. The van der Waals surface area contributed by atoms with Gasteiger partial charge < -0.3 is 19.0 Å². The van der Waals surface area contributed by atoms with E-state index in [0.717, 1.165) is 11.3 Å². The molecule has 1 N–H and O–H groups in total. The van der Waals surface area contributed by atoms with Crippen molar-refractivity contribution in [1.82, 2.24) is 0 Å². The van der Waals surface area contributed by atoms with E-state index in [2.05, 4.69) is 70.9 Å². The first kappa shape index (κ1) is 27.5. The van der Waals surface area contributed by atoms with E-state index in [-0.39, 0.29) is 18.1 Å². The van der Waals surface area contributed by atoms with E-state index in [1.807, 2.05) is 24.3 Å². The van der Waals surface area contributed by atoms with E-state index in [9.17, 15) is 5.11 Å². The highest BCUT2D eigenvalue weighted by Gasteiger charge is 2.41. The van der Waals surface area contributed by atoms with E-state index < -0.39 is 28.1 Å². The fourth-order valence-corrected chi connectivity index (χ4v) is 4.03. The molecular weight excluding hydrogens is 420 g/mol. The van der Waals surface area contributed by atoms with E-state index in [1.165, 1.54) is 0 Å². The molecule has 0 unspecified atom stereocenters. The zero-order valence-electron chi connectivity index (χ0n) is 20.8. The molecule has 0 bridgehead atoms. The SMILES string of the molecule is C#CC[C@](O)(C#C[Si](C)(C)C)[C@H](CO[Si](C)(C)C(C)(C)C)OCc1ccc(OC)cc1. The maximum atomic E-state index is 11.5.